The number of aliphatic carboxylic acids is 2. The average Bonchev–Trinajstić information content (AvgIpc) is 3.72. The SMILES string of the molecule is COC[C@H]1CCCN1Cc1cc2cc(-n3cnc4cc(-c5ccc(C)cc5)sc4c3=O)ccc2o1.O=C(O)/C=C\C(=O)O. The Kier molecular flexibility index (Phi) is 9.15. The molecule has 0 radical (unpaired) electrons. The minimum atomic E-state index is -1.26. The Hall–Kier alpha value is -4.58. The van der Waals surface area contributed by atoms with Crippen LogP contribution in [0.3, 0.4) is 0 Å². The number of likely N-dealkylation sites (tertiary alicyclic amines) is 1. The van der Waals surface area contributed by atoms with Crippen LogP contribution in [0.15, 0.2) is 82.3 Å². The maximum atomic E-state index is 13.4. The zero-order chi connectivity index (χ0) is 30.5. The molecular weight excluding hydrogens is 570 g/mol. The third kappa shape index (κ3) is 7.08. The molecule has 1 aliphatic rings. The number of rotatable bonds is 8. The van der Waals surface area contributed by atoms with Gasteiger partial charge in [0.2, 0.25) is 0 Å². The van der Waals surface area contributed by atoms with E-state index in [1.165, 1.54) is 23.3 Å². The highest BCUT2D eigenvalue weighted by Gasteiger charge is 2.25. The second kappa shape index (κ2) is 13.2. The number of ether oxygens (including phenoxy) is 1. The Balaban J connectivity index is 0.000000407. The van der Waals surface area contributed by atoms with Crippen LogP contribution in [0.4, 0.5) is 0 Å². The fourth-order valence-corrected chi connectivity index (χ4v) is 6.14. The second-order valence-corrected chi connectivity index (χ2v) is 11.3. The molecule has 2 aromatic carbocycles. The van der Waals surface area contributed by atoms with Crippen LogP contribution in [-0.2, 0) is 20.9 Å². The predicted octanol–water partition coefficient (Wildman–Crippen LogP) is 5.49. The first-order chi connectivity index (χ1) is 20.7. The third-order valence-electron chi connectivity index (χ3n) is 7.19. The highest BCUT2D eigenvalue weighted by atomic mass is 32.1. The Morgan fingerprint density at radius 3 is 2.53 bits per heavy atom. The van der Waals surface area contributed by atoms with E-state index >= 15 is 0 Å². The predicted molar refractivity (Wildman–Crippen MR) is 165 cm³/mol. The molecule has 0 unspecified atom stereocenters. The summed E-state index contributed by atoms with van der Waals surface area (Å²) in [7, 11) is 1.76. The van der Waals surface area contributed by atoms with Crippen LogP contribution in [0.2, 0.25) is 0 Å². The lowest BCUT2D eigenvalue weighted by Gasteiger charge is -2.22. The van der Waals surface area contributed by atoms with Gasteiger partial charge < -0.3 is 19.4 Å². The van der Waals surface area contributed by atoms with Gasteiger partial charge in [-0.3, -0.25) is 14.3 Å². The first-order valence-corrected chi connectivity index (χ1v) is 14.5. The van der Waals surface area contributed by atoms with Crippen LogP contribution in [-0.4, -0.2) is 62.9 Å². The summed E-state index contributed by atoms with van der Waals surface area (Å²) in [6, 6.07) is 18.7. The highest BCUT2D eigenvalue weighted by Crippen LogP contribution is 2.31. The molecule has 1 atom stereocenters. The maximum Gasteiger partial charge on any atom is 0.328 e. The van der Waals surface area contributed by atoms with Gasteiger partial charge in [0, 0.05) is 35.6 Å². The highest BCUT2D eigenvalue weighted by molar-refractivity contribution is 7.22. The number of carbonyl (C=O) groups is 2. The number of carboxylic acid groups (broad SMARTS) is 2. The minimum absolute atomic E-state index is 0.0547. The van der Waals surface area contributed by atoms with Crippen molar-refractivity contribution in [3.63, 3.8) is 0 Å². The topological polar surface area (TPSA) is 135 Å². The normalized spacial score (nSPS) is 15.3. The zero-order valence-electron chi connectivity index (χ0n) is 23.7. The number of hydrogen-bond donors (Lipinski definition) is 2. The molecule has 3 aromatic heterocycles. The number of aryl methyl sites for hydroxylation is 1. The van der Waals surface area contributed by atoms with E-state index in [9.17, 15) is 14.4 Å². The molecule has 1 aliphatic heterocycles. The number of thiophene rings is 1. The van der Waals surface area contributed by atoms with Gasteiger partial charge in [-0.25, -0.2) is 14.6 Å². The lowest BCUT2D eigenvalue weighted by molar-refractivity contribution is -0.134. The lowest BCUT2D eigenvalue weighted by Crippen LogP contribution is -2.32. The first-order valence-electron chi connectivity index (χ1n) is 13.7. The van der Waals surface area contributed by atoms with Crippen molar-refractivity contribution in [1.82, 2.24) is 14.5 Å². The molecule has 11 heteroatoms. The summed E-state index contributed by atoms with van der Waals surface area (Å²) in [5.74, 6) is -1.58. The van der Waals surface area contributed by atoms with E-state index in [0.717, 1.165) is 64.5 Å². The van der Waals surface area contributed by atoms with Crippen LogP contribution >= 0.6 is 11.3 Å². The van der Waals surface area contributed by atoms with Crippen LogP contribution < -0.4 is 5.56 Å². The number of aromatic nitrogens is 2. The molecule has 43 heavy (non-hydrogen) atoms. The average molecular weight is 602 g/mol. The maximum absolute atomic E-state index is 13.4. The molecule has 10 nitrogen and oxygen atoms in total. The summed E-state index contributed by atoms with van der Waals surface area (Å²) in [6.07, 6.45) is 5.08. The van der Waals surface area contributed by atoms with Crippen LogP contribution in [0.25, 0.3) is 37.3 Å². The van der Waals surface area contributed by atoms with E-state index in [-0.39, 0.29) is 5.56 Å². The lowest BCUT2D eigenvalue weighted by atomic mass is 10.1. The molecular formula is C32H31N3O7S. The third-order valence-corrected chi connectivity index (χ3v) is 8.35. The molecule has 6 rings (SSSR count). The number of hydrogen-bond acceptors (Lipinski definition) is 8. The van der Waals surface area contributed by atoms with Gasteiger partial charge in [0.1, 0.15) is 22.4 Å². The first kappa shape index (κ1) is 29.9. The number of methoxy groups -OCH3 is 1. The van der Waals surface area contributed by atoms with Crippen molar-refractivity contribution in [2.24, 2.45) is 0 Å². The molecule has 1 fully saturated rings. The van der Waals surface area contributed by atoms with Crippen LogP contribution in [0.5, 0.6) is 0 Å². The monoisotopic (exact) mass is 601 g/mol. The minimum Gasteiger partial charge on any atom is -0.478 e. The van der Waals surface area contributed by atoms with Crippen molar-refractivity contribution in [2.45, 2.75) is 32.4 Å². The summed E-state index contributed by atoms with van der Waals surface area (Å²) < 4.78 is 13.8. The number of furan rings is 1. The van der Waals surface area contributed by atoms with Crippen molar-refractivity contribution >= 4 is 44.5 Å². The molecule has 1 saturated heterocycles. The summed E-state index contributed by atoms with van der Waals surface area (Å²) in [6.45, 7) is 4.64. The van der Waals surface area contributed by atoms with Gasteiger partial charge in [0.15, 0.2) is 0 Å². The molecule has 0 saturated carbocycles. The molecule has 222 valence electrons. The van der Waals surface area contributed by atoms with Gasteiger partial charge in [0.25, 0.3) is 5.56 Å². The molecule has 5 aromatic rings. The van der Waals surface area contributed by atoms with Gasteiger partial charge in [-0.1, -0.05) is 29.8 Å². The van der Waals surface area contributed by atoms with E-state index in [4.69, 9.17) is 19.4 Å². The zero-order valence-corrected chi connectivity index (χ0v) is 24.5. The van der Waals surface area contributed by atoms with Crippen LogP contribution in [0.1, 0.15) is 24.2 Å². The Bertz CT molecular complexity index is 1840. The molecule has 0 bridgehead atoms. The Labute approximate surface area is 251 Å². The Morgan fingerprint density at radius 2 is 1.84 bits per heavy atom. The van der Waals surface area contributed by atoms with Gasteiger partial charge in [-0.15, -0.1) is 11.3 Å². The summed E-state index contributed by atoms with van der Waals surface area (Å²) >= 11 is 1.49. The Morgan fingerprint density at radius 1 is 1.09 bits per heavy atom. The van der Waals surface area contributed by atoms with E-state index in [2.05, 4.69) is 47.1 Å². The molecule has 0 aliphatic carbocycles. The quantitative estimate of drug-likeness (QED) is 0.221. The molecule has 4 heterocycles. The molecule has 0 amide bonds. The van der Waals surface area contributed by atoms with Gasteiger partial charge >= 0.3 is 11.9 Å². The number of fused-ring (bicyclic) bond motifs is 2. The van der Waals surface area contributed by atoms with Gasteiger partial charge in [-0.2, -0.15) is 0 Å². The van der Waals surface area contributed by atoms with E-state index in [1.54, 1.807) is 18.0 Å². The van der Waals surface area contributed by atoms with Crippen molar-refractivity contribution in [2.75, 3.05) is 20.3 Å². The van der Waals surface area contributed by atoms with Gasteiger partial charge in [-0.05, 0) is 62.2 Å². The summed E-state index contributed by atoms with van der Waals surface area (Å²) in [5.41, 5.74) is 4.60. The second-order valence-electron chi connectivity index (χ2n) is 10.3. The summed E-state index contributed by atoms with van der Waals surface area (Å²) in [5, 5.41) is 16.6. The molecule has 2 N–H and O–H groups in total. The number of carboxylic acids is 2. The fraction of sp³-hybridized carbons (Fsp3) is 0.250. The van der Waals surface area contributed by atoms with Crippen molar-refractivity contribution in [3.05, 3.63) is 94.8 Å². The van der Waals surface area contributed by atoms with Gasteiger partial charge in [0.05, 0.1) is 24.4 Å². The van der Waals surface area contributed by atoms with Crippen molar-refractivity contribution < 1.29 is 29.0 Å². The van der Waals surface area contributed by atoms with Crippen molar-refractivity contribution in [1.29, 1.82) is 0 Å². The van der Waals surface area contributed by atoms with Crippen LogP contribution in [0, 0.1) is 6.92 Å². The van der Waals surface area contributed by atoms with E-state index < -0.39 is 11.9 Å². The number of benzene rings is 2. The van der Waals surface area contributed by atoms with E-state index in [0.29, 0.717) is 22.9 Å². The van der Waals surface area contributed by atoms with Crippen molar-refractivity contribution in [3.8, 4) is 16.1 Å². The standard InChI is InChI=1S/C28H27N3O3S.C4H4O4/c1-18-5-7-19(8-6-18)26-14-24-27(35-26)28(32)31(17-29-24)21-9-10-25-20(12-21)13-23(34-25)15-30-11-3-4-22(30)16-33-2;5-3(6)1-2-4(7)8/h5-10,12-14,17,22H,3-4,11,15-16H2,1-2H3;1-2H,(H,5,6)(H,7,8)/b;2-1-/t22-;/m1./s1. The van der Waals surface area contributed by atoms with E-state index in [1.807, 2.05) is 24.3 Å². The smallest absolute Gasteiger partial charge is 0.328 e. The fourth-order valence-electron chi connectivity index (χ4n) is 5.10. The largest absolute Gasteiger partial charge is 0.478 e. The summed E-state index contributed by atoms with van der Waals surface area (Å²) in [4.78, 5) is 40.6. The molecule has 0 spiro atoms. The number of nitrogens with zero attached hydrogens (tertiary/aromatic N) is 3.